The average molecular weight is 393 g/mol. The molecular weight excluding hydrogens is 366 g/mol. The smallest absolute Gasteiger partial charge is 0.347 e. The molecule has 4 rings (SSSR count). The van der Waals surface area contributed by atoms with Crippen molar-refractivity contribution in [3.8, 4) is 11.5 Å². The van der Waals surface area contributed by atoms with Crippen LogP contribution in [0.4, 0.5) is 11.5 Å². The van der Waals surface area contributed by atoms with Crippen LogP contribution in [0.2, 0.25) is 0 Å². The zero-order chi connectivity index (χ0) is 20.5. The highest BCUT2D eigenvalue weighted by Crippen LogP contribution is 2.30. The quantitative estimate of drug-likeness (QED) is 0.675. The van der Waals surface area contributed by atoms with Crippen molar-refractivity contribution in [3.63, 3.8) is 0 Å². The molecule has 0 atom stereocenters. The fourth-order valence-corrected chi connectivity index (χ4v) is 3.75. The first-order valence-electron chi connectivity index (χ1n) is 10.0. The van der Waals surface area contributed by atoms with Gasteiger partial charge in [-0.1, -0.05) is 6.92 Å². The van der Waals surface area contributed by atoms with Crippen LogP contribution in [0.3, 0.4) is 0 Å². The molecule has 3 heterocycles. The molecule has 0 N–H and O–H groups in total. The summed E-state index contributed by atoms with van der Waals surface area (Å²) in [5, 5.41) is 0.562. The molecule has 7 heteroatoms. The van der Waals surface area contributed by atoms with Gasteiger partial charge in [0, 0.05) is 52.2 Å². The van der Waals surface area contributed by atoms with Gasteiger partial charge >= 0.3 is 5.63 Å². The summed E-state index contributed by atoms with van der Waals surface area (Å²) in [4.78, 5) is 28.8. The Hall–Kier alpha value is -2.93. The summed E-state index contributed by atoms with van der Waals surface area (Å²) in [5.41, 5.74) is 3.03. The molecule has 1 aliphatic rings. The number of piperazine rings is 1. The molecule has 0 unspecified atom stereocenters. The van der Waals surface area contributed by atoms with Gasteiger partial charge in [0.1, 0.15) is 5.82 Å². The van der Waals surface area contributed by atoms with Gasteiger partial charge in [0.2, 0.25) is 5.89 Å². The summed E-state index contributed by atoms with van der Waals surface area (Å²) >= 11 is 0. The fourth-order valence-electron chi connectivity index (χ4n) is 3.75. The third-order valence-corrected chi connectivity index (χ3v) is 5.52. The Bertz CT molecular complexity index is 1080. The van der Waals surface area contributed by atoms with Crippen molar-refractivity contribution >= 4 is 22.4 Å². The Balaban J connectivity index is 1.86. The summed E-state index contributed by atoms with van der Waals surface area (Å²) in [5.74, 6) is 1.14. The third-order valence-electron chi connectivity index (χ3n) is 5.52. The van der Waals surface area contributed by atoms with E-state index in [1.807, 2.05) is 50.2 Å². The number of aryl methyl sites for hydroxylation is 1. The minimum absolute atomic E-state index is 0.322. The summed E-state index contributed by atoms with van der Waals surface area (Å²) in [6.45, 7) is 5.73. The number of pyridine rings is 1. The third kappa shape index (κ3) is 3.70. The first-order chi connectivity index (χ1) is 14.0. The van der Waals surface area contributed by atoms with Gasteiger partial charge in [0.15, 0.2) is 0 Å². The van der Waals surface area contributed by atoms with Gasteiger partial charge in [-0.3, -0.25) is 0 Å². The van der Waals surface area contributed by atoms with Crippen LogP contribution in [0.5, 0.6) is 0 Å². The molecule has 1 aliphatic heterocycles. The lowest BCUT2D eigenvalue weighted by atomic mass is 10.1. The van der Waals surface area contributed by atoms with Crippen molar-refractivity contribution in [2.75, 3.05) is 57.1 Å². The Labute approximate surface area is 170 Å². The highest BCUT2D eigenvalue weighted by molar-refractivity contribution is 5.86. The highest BCUT2D eigenvalue weighted by Gasteiger charge is 2.22. The maximum atomic E-state index is 12.9. The number of likely N-dealkylation sites (N-methyl/N-ethyl adjacent to an activating group) is 1. The van der Waals surface area contributed by atoms with Crippen LogP contribution in [0, 0.1) is 0 Å². The van der Waals surface area contributed by atoms with Crippen LogP contribution in [-0.2, 0) is 6.42 Å². The van der Waals surface area contributed by atoms with Gasteiger partial charge in [0.25, 0.3) is 0 Å². The largest absolute Gasteiger partial charge is 0.403 e. The summed E-state index contributed by atoms with van der Waals surface area (Å²) in [6.07, 6.45) is 2.51. The molecule has 7 nitrogen and oxygen atoms in total. The Morgan fingerprint density at radius 2 is 1.93 bits per heavy atom. The molecule has 0 bridgehead atoms. The summed E-state index contributed by atoms with van der Waals surface area (Å²) < 4.78 is 5.71. The second kappa shape index (κ2) is 7.83. The van der Waals surface area contributed by atoms with Crippen molar-refractivity contribution in [2.45, 2.75) is 13.3 Å². The standard InChI is InChI=1S/C22H27N5O2/c1-5-15-13-16(25(2)3)14-18-19(15)22(28)29-21(24-18)17-7-6-8-23-20(17)27-11-9-26(4)10-12-27/h6-8,13-14H,5,9-12H2,1-4H3. The molecule has 0 aliphatic carbocycles. The van der Waals surface area contributed by atoms with Crippen LogP contribution in [0.25, 0.3) is 22.4 Å². The summed E-state index contributed by atoms with van der Waals surface area (Å²) in [7, 11) is 6.09. The van der Waals surface area contributed by atoms with Gasteiger partial charge in [0.05, 0.1) is 16.5 Å². The second-order valence-corrected chi connectivity index (χ2v) is 7.72. The lowest BCUT2D eigenvalue weighted by Gasteiger charge is -2.33. The van der Waals surface area contributed by atoms with Crippen molar-refractivity contribution in [1.82, 2.24) is 14.9 Å². The van der Waals surface area contributed by atoms with Crippen LogP contribution < -0.4 is 15.4 Å². The zero-order valence-corrected chi connectivity index (χ0v) is 17.5. The zero-order valence-electron chi connectivity index (χ0n) is 17.5. The minimum atomic E-state index is -0.347. The SMILES string of the molecule is CCc1cc(N(C)C)cc2nc(-c3cccnc3N3CCN(C)CC3)oc(=O)c12. The normalized spacial score (nSPS) is 15.1. The number of hydrogen-bond acceptors (Lipinski definition) is 7. The lowest BCUT2D eigenvalue weighted by Crippen LogP contribution is -2.45. The number of rotatable bonds is 4. The van der Waals surface area contributed by atoms with Gasteiger partial charge in [-0.2, -0.15) is 0 Å². The number of nitrogens with zero attached hydrogens (tertiary/aromatic N) is 5. The van der Waals surface area contributed by atoms with Crippen molar-refractivity contribution in [1.29, 1.82) is 0 Å². The Morgan fingerprint density at radius 3 is 2.62 bits per heavy atom. The predicted molar refractivity (Wildman–Crippen MR) is 117 cm³/mol. The molecule has 2 aromatic heterocycles. The maximum Gasteiger partial charge on any atom is 0.347 e. The van der Waals surface area contributed by atoms with E-state index in [4.69, 9.17) is 9.40 Å². The van der Waals surface area contributed by atoms with E-state index < -0.39 is 0 Å². The van der Waals surface area contributed by atoms with E-state index in [2.05, 4.69) is 21.8 Å². The van der Waals surface area contributed by atoms with Crippen LogP contribution in [0.15, 0.2) is 39.7 Å². The van der Waals surface area contributed by atoms with Crippen molar-refractivity contribution in [3.05, 3.63) is 46.4 Å². The number of fused-ring (bicyclic) bond motifs is 1. The topological polar surface area (TPSA) is 65.7 Å². The molecule has 1 aromatic carbocycles. The number of benzene rings is 1. The molecule has 0 amide bonds. The summed E-state index contributed by atoms with van der Waals surface area (Å²) in [6, 6.07) is 7.75. The van der Waals surface area contributed by atoms with Gasteiger partial charge < -0.3 is 19.1 Å². The molecule has 1 fully saturated rings. The Morgan fingerprint density at radius 1 is 1.17 bits per heavy atom. The average Bonchev–Trinajstić information content (AvgIpc) is 2.73. The van der Waals surface area contributed by atoms with E-state index in [1.165, 1.54) is 0 Å². The predicted octanol–water partition coefficient (Wildman–Crippen LogP) is 2.63. The van der Waals surface area contributed by atoms with E-state index in [1.54, 1.807) is 6.20 Å². The molecule has 0 spiro atoms. The van der Waals surface area contributed by atoms with E-state index >= 15 is 0 Å². The molecule has 0 radical (unpaired) electrons. The Kier molecular flexibility index (Phi) is 5.24. The van der Waals surface area contributed by atoms with Crippen molar-refractivity contribution in [2.24, 2.45) is 0 Å². The van der Waals surface area contributed by atoms with Crippen LogP contribution >= 0.6 is 0 Å². The van der Waals surface area contributed by atoms with Crippen LogP contribution in [0.1, 0.15) is 12.5 Å². The minimum Gasteiger partial charge on any atom is -0.403 e. The van der Waals surface area contributed by atoms with Gasteiger partial charge in [-0.25, -0.2) is 14.8 Å². The van der Waals surface area contributed by atoms with Crippen LogP contribution in [-0.4, -0.2) is 62.2 Å². The lowest BCUT2D eigenvalue weighted by molar-refractivity contribution is 0.312. The van der Waals surface area contributed by atoms with Gasteiger partial charge in [-0.05, 0) is 43.3 Å². The van der Waals surface area contributed by atoms with Gasteiger partial charge in [-0.15, -0.1) is 0 Å². The first kappa shape index (κ1) is 19.4. The second-order valence-electron chi connectivity index (χ2n) is 7.72. The first-order valence-corrected chi connectivity index (χ1v) is 10.0. The molecule has 29 heavy (non-hydrogen) atoms. The molecule has 152 valence electrons. The number of aromatic nitrogens is 2. The number of anilines is 2. The number of hydrogen-bond donors (Lipinski definition) is 0. The molecule has 0 saturated carbocycles. The van der Waals surface area contributed by atoms with E-state index in [9.17, 15) is 4.79 Å². The monoisotopic (exact) mass is 393 g/mol. The molecular formula is C22H27N5O2. The van der Waals surface area contributed by atoms with Crippen molar-refractivity contribution < 1.29 is 4.42 Å². The maximum absolute atomic E-state index is 12.9. The molecule has 3 aromatic rings. The highest BCUT2D eigenvalue weighted by atomic mass is 16.4. The van der Waals surface area contributed by atoms with E-state index in [0.29, 0.717) is 16.8 Å². The fraction of sp³-hybridized carbons (Fsp3) is 0.409. The molecule has 1 saturated heterocycles. The van der Waals surface area contributed by atoms with E-state index in [0.717, 1.165) is 55.2 Å². The van der Waals surface area contributed by atoms with E-state index in [-0.39, 0.29) is 5.63 Å².